The van der Waals surface area contributed by atoms with Gasteiger partial charge in [0, 0.05) is 26.3 Å². The number of rotatable bonds is 6. The van der Waals surface area contributed by atoms with Crippen LogP contribution in [0.5, 0.6) is 5.75 Å². The highest BCUT2D eigenvalue weighted by molar-refractivity contribution is 5.47. The second-order valence-electron chi connectivity index (χ2n) is 6.33. The Morgan fingerprint density at radius 2 is 2.15 bits per heavy atom. The first-order valence-corrected chi connectivity index (χ1v) is 8.82. The van der Waals surface area contributed by atoms with E-state index in [9.17, 15) is 0 Å². The van der Waals surface area contributed by atoms with Gasteiger partial charge in [0.1, 0.15) is 18.2 Å². The van der Waals surface area contributed by atoms with Crippen molar-refractivity contribution in [3.8, 4) is 5.75 Å². The summed E-state index contributed by atoms with van der Waals surface area (Å²) in [5.74, 6) is 2.50. The zero-order valence-corrected chi connectivity index (χ0v) is 14.9. The standard InChI is InChI=1S/C18H22N6O2/c1-3-16-20-21-17-6-7-18(22-24(16)17)23-11-15(25-2)9-13(23)12-26-14-5-4-8-19-10-14/h4-8,10,13,15H,3,9,11-12H2,1-2H3/t13-,15+/m0/s1. The van der Waals surface area contributed by atoms with Gasteiger partial charge < -0.3 is 14.4 Å². The van der Waals surface area contributed by atoms with Crippen LogP contribution in [0.3, 0.4) is 0 Å². The molecule has 1 saturated heterocycles. The Morgan fingerprint density at radius 3 is 2.92 bits per heavy atom. The molecule has 1 aliphatic heterocycles. The first-order chi connectivity index (χ1) is 12.8. The van der Waals surface area contributed by atoms with Crippen molar-refractivity contribution >= 4 is 11.5 Å². The normalized spacial score (nSPS) is 20.0. The lowest BCUT2D eigenvalue weighted by Gasteiger charge is -2.25. The summed E-state index contributed by atoms with van der Waals surface area (Å²) < 4.78 is 13.3. The number of anilines is 1. The SMILES string of the molecule is CCc1nnc2ccc(N3C[C@H](OC)C[C@H]3COc3cccnc3)nn12. The van der Waals surface area contributed by atoms with Crippen molar-refractivity contribution < 1.29 is 9.47 Å². The lowest BCUT2D eigenvalue weighted by molar-refractivity contribution is 0.115. The van der Waals surface area contributed by atoms with Crippen molar-refractivity contribution in [1.29, 1.82) is 0 Å². The van der Waals surface area contributed by atoms with E-state index in [1.54, 1.807) is 19.5 Å². The second kappa shape index (κ2) is 7.25. The molecule has 0 unspecified atom stereocenters. The predicted octanol–water partition coefficient (Wildman–Crippen LogP) is 1.75. The van der Waals surface area contributed by atoms with E-state index in [1.165, 1.54) is 0 Å². The quantitative estimate of drug-likeness (QED) is 0.667. The number of aryl methyl sites for hydroxylation is 1. The van der Waals surface area contributed by atoms with Crippen LogP contribution in [0.2, 0.25) is 0 Å². The molecule has 1 aliphatic rings. The van der Waals surface area contributed by atoms with Crippen LogP contribution < -0.4 is 9.64 Å². The molecule has 3 aromatic rings. The molecular weight excluding hydrogens is 332 g/mol. The van der Waals surface area contributed by atoms with Crippen molar-refractivity contribution in [3.05, 3.63) is 42.5 Å². The smallest absolute Gasteiger partial charge is 0.178 e. The number of hydrogen-bond acceptors (Lipinski definition) is 7. The Kier molecular flexibility index (Phi) is 4.66. The van der Waals surface area contributed by atoms with Crippen LogP contribution in [0.4, 0.5) is 5.82 Å². The monoisotopic (exact) mass is 354 g/mol. The van der Waals surface area contributed by atoms with Crippen LogP contribution in [-0.4, -0.2) is 57.2 Å². The molecule has 1 fully saturated rings. The highest BCUT2D eigenvalue weighted by Crippen LogP contribution is 2.26. The van der Waals surface area contributed by atoms with Crippen LogP contribution in [0.15, 0.2) is 36.7 Å². The third kappa shape index (κ3) is 3.20. The van der Waals surface area contributed by atoms with Gasteiger partial charge in [-0.2, -0.15) is 4.52 Å². The van der Waals surface area contributed by atoms with E-state index in [0.29, 0.717) is 6.61 Å². The highest BCUT2D eigenvalue weighted by Gasteiger charge is 2.34. The number of fused-ring (bicyclic) bond motifs is 1. The fourth-order valence-electron chi connectivity index (χ4n) is 3.31. The lowest BCUT2D eigenvalue weighted by atomic mass is 10.2. The van der Waals surface area contributed by atoms with Crippen molar-refractivity contribution in [2.24, 2.45) is 0 Å². The molecule has 0 bridgehead atoms. The van der Waals surface area contributed by atoms with Gasteiger partial charge in [0.2, 0.25) is 0 Å². The van der Waals surface area contributed by atoms with E-state index in [2.05, 4.69) is 20.1 Å². The molecule has 0 aliphatic carbocycles. The summed E-state index contributed by atoms with van der Waals surface area (Å²) in [4.78, 5) is 6.33. The molecule has 0 N–H and O–H groups in total. The molecule has 3 aromatic heterocycles. The number of nitrogens with zero attached hydrogens (tertiary/aromatic N) is 6. The van der Waals surface area contributed by atoms with E-state index in [-0.39, 0.29) is 12.1 Å². The lowest BCUT2D eigenvalue weighted by Crippen LogP contribution is -2.35. The van der Waals surface area contributed by atoms with Gasteiger partial charge in [-0.3, -0.25) is 4.98 Å². The Bertz CT molecular complexity index is 869. The molecular formula is C18H22N6O2. The van der Waals surface area contributed by atoms with E-state index in [0.717, 1.165) is 42.4 Å². The van der Waals surface area contributed by atoms with E-state index >= 15 is 0 Å². The van der Waals surface area contributed by atoms with Gasteiger partial charge in [0.05, 0.1) is 18.3 Å². The maximum absolute atomic E-state index is 5.93. The van der Waals surface area contributed by atoms with Gasteiger partial charge in [-0.25, -0.2) is 0 Å². The maximum atomic E-state index is 5.93. The Hall–Kier alpha value is -2.74. The molecule has 4 rings (SSSR count). The molecule has 8 nitrogen and oxygen atoms in total. The average Bonchev–Trinajstić information content (AvgIpc) is 3.30. The van der Waals surface area contributed by atoms with Crippen molar-refractivity contribution in [2.75, 3.05) is 25.2 Å². The van der Waals surface area contributed by atoms with Gasteiger partial charge in [0.15, 0.2) is 11.5 Å². The summed E-state index contributed by atoms with van der Waals surface area (Å²) in [6.07, 6.45) is 5.29. The third-order valence-electron chi connectivity index (χ3n) is 4.71. The van der Waals surface area contributed by atoms with Crippen LogP contribution in [0, 0.1) is 0 Å². The van der Waals surface area contributed by atoms with Gasteiger partial charge in [-0.1, -0.05) is 6.92 Å². The molecule has 2 atom stereocenters. The summed E-state index contributed by atoms with van der Waals surface area (Å²) in [6, 6.07) is 7.89. The number of methoxy groups -OCH3 is 1. The third-order valence-corrected chi connectivity index (χ3v) is 4.71. The summed E-state index contributed by atoms with van der Waals surface area (Å²) in [5, 5.41) is 13.1. The van der Waals surface area contributed by atoms with E-state index in [4.69, 9.17) is 14.6 Å². The summed E-state index contributed by atoms with van der Waals surface area (Å²) in [5.41, 5.74) is 0.760. The summed E-state index contributed by atoms with van der Waals surface area (Å²) >= 11 is 0. The zero-order chi connectivity index (χ0) is 17.9. The molecule has 0 saturated carbocycles. The molecule has 0 aromatic carbocycles. The fourth-order valence-corrected chi connectivity index (χ4v) is 3.31. The van der Waals surface area contributed by atoms with E-state index < -0.39 is 0 Å². The Balaban J connectivity index is 1.57. The molecule has 0 amide bonds. The second-order valence-corrected chi connectivity index (χ2v) is 6.33. The van der Waals surface area contributed by atoms with E-state index in [1.807, 2.05) is 35.7 Å². The topological polar surface area (TPSA) is 77.7 Å². The molecule has 0 spiro atoms. The van der Waals surface area contributed by atoms with Crippen molar-refractivity contribution in [2.45, 2.75) is 31.9 Å². The first-order valence-electron chi connectivity index (χ1n) is 8.82. The molecule has 136 valence electrons. The number of ether oxygens (including phenoxy) is 2. The predicted molar refractivity (Wildman–Crippen MR) is 96.4 cm³/mol. The fraction of sp³-hybridized carbons (Fsp3) is 0.444. The first kappa shape index (κ1) is 16.7. The zero-order valence-electron chi connectivity index (χ0n) is 14.9. The number of aromatic nitrogens is 5. The van der Waals surface area contributed by atoms with Gasteiger partial charge in [-0.05, 0) is 30.7 Å². The van der Waals surface area contributed by atoms with Crippen molar-refractivity contribution in [3.63, 3.8) is 0 Å². The largest absolute Gasteiger partial charge is 0.490 e. The van der Waals surface area contributed by atoms with Crippen LogP contribution in [0.1, 0.15) is 19.2 Å². The molecule has 4 heterocycles. The van der Waals surface area contributed by atoms with Gasteiger partial charge in [0.25, 0.3) is 0 Å². The van der Waals surface area contributed by atoms with Crippen molar-refractivity contribution in [1.82, 2.24) is 24.8 Å². The number of hydrogen-bond donors (Lipinski definition) is 0. The minimum Gasteiger partial charge on any atom is -0.490 e. The Labute approximate surface area is 151 Å². The average molecular weight is 354 g/mol. The molecule has 0 radical (unpaired) electrons. The Morgan fingerprint density at radius 1 is 1.23 bits per heavy atom. The van der Waals surface area contributed by atoms with Crippen LogP contribution in [-0.2, 0) is 11.2 Å². The number of pyridine rings is 1. The maximum Gasteiger partial charge on any atom is 0.178 e. The molecule has 8 heteroatoms. The van der Waals surface area contributed by atoms with Crippen LogP contribution in [0.25, 0.3) is 5.65 Å². The van der Waals surface area contributed by atoms with Gasteiger partial charge >= 0.3 is 0 Å². The van der Waals surface area contributed by atoms with Gasteiger partial charge in [-0.15, -0.1) is 15.3 Å². The summed E-state index contributed by atoms with van der Waals surface area (Å²) in [7, 11) is 1.75. The minimum absolute atomic E-state index is 0.154. The molecule has 26 heavy (non-hydrogen) atoms. The minimum atomic E-state index is 0.154. The van der Waals surface area contributed by atoms with Crippen LogP contribution >= 0.6 is 0 Å². The highest BCUT2D eigenvalue weighted by atomic mass is 16.5. The summed E-state index contributed by atoms with van der Waals surface area (Å²) in [6.45, 7) is 3.37.